The van der Waals surface area contributed by atoms with Crippen molar-refractivity contribution in [2.45, 2.75) is 335 Å². The number of aliphatic hydroxyl groups excluding tert-OH is 1. The van der Waals surface area contributed by atoms with Crippen molar-refractivity contribution in [3.63, 3.8) is 0 Å². The Bertz CT molecular complexity index is 886. The van der Waals surface area contributed by atoms with E-state index in [1.54, 1.807) is 0 Å². The molecule has 0 aromatic rings. The number of nitrogens with one attached hydrogen (secondary N) is 1. The lowest BCUT2D eigenvalue weighted by atomic mass is 10.0. The third kappa shape index (κ3) is 53.1. The minimum atomic E-state index is -0.401. The van der Waals surface area contributed by atoms with Gasteiger partial charge in [0.25, 0.3) is 0 Å². The number of hydrogen-bond acceptors (Lipinski definition) is 3. The van der Waals surface area contributed by atoms with Crippen LogP contribution in [0, 0.1) is 0 Å². The van der Waals surface area contributed by atoms with Crippen LogP contribution < -0.4 is 5.32 Å². The van der Waals surface area contributed by atoms with Crippen molar-refractivity contribution < 1.29 is 14.7 Å². The van der Waals surface area contributed by atoms with Crippen LogP contribution in [0.2, 0.25) is 0 Å². The van der Waals surface area contributed by atoms with Crippen LogP contribution in [-0.4, -0.2) is 29.4 Å². The van der Waals surface area contributed by atoms with Crippen LogP contribution in [0.5, 0.6) is 0 Å². The first-order valence-corrected chi connectivity index (χ1v) is 28.2. The smallest absolute Gasteiger partial charge is 0.220 e. The summed E-state index contributed by atoms with van der Waals surface area (Å²) in [5.74, 6) is 0.598. The molecule has 0 bridgehead atoms. The number of carbonyl (C=O) groups is 2. The van der Waals surface area contributed by atoms with Gasteiger partial charge in [0.05, 0.1) is 6.10 Å². The van der Waals surface area contributed by atoms with Crippen LogP contribution in [-0.2, 0) is 9.59 Å². The molecule has 1 amide bonds. The van der Waals surface area contributed by atoms with E-state index in [2.05, 4.69) is 31.3 Å². The largest absolute Gasteiger partial charge is 0.391 e. The second kappa shape index (κ2) is 53.2. The molecule has 0 rings (SSSR count). The zero-order valence-electron chi connectivity index (χ0n) is 41.9. The number of ketones is 1. The standard InChI is InChI=1S/C57H111NO3/c1-3-5-7-9-11-13-15-17-19-21-22-23-25-26-30-34-38-42-46-50-55(59)51-47-43-39-35-31-28-29-33-37-41-45-49-53-57(61)58-54-56(60)52-48-44-40-36-32-27-24-20-18-16-14-12-10-8-6-4-2/h17,19,56,60H,3-16,18,20-54H2,1-2H3,(H,58,61)/t56-/m1/s1. The topological polar surface area (TPSA) is 66.4 Å². The van der Waals surface area contributed by atoms with E-state index in [0.717, 1.165) is 51.4 Å². The molecule has 61 heavy (non-hydrogen) atoms. The summed E-state index contributed by atoms with van der Waals surface area (Å²) < 4.78 is 0. The minimum absolute atomic E-state index is 0.102. The first-order chi connectivity index (χ1) is 30.1. The van der Waals surface area contributed by atoms with Crippen LogP contribution in [0.25, 0.3) is 0 Å². The highest BCUT2D eigenvalue weighted by Crippen LogP contribution is 2.17. The van der Waals surface area contributed by atoms with E-state index in [0.29, 0.717) is 18.7 Å². The summed E-state index contributed by atoms with van der Waals surface area (Å²) in [4.78, 5) is 24.5. The molecule has 2 N–H and O–H groups in total. The number of unbranched alkanes of at least 4 members (excludes halogenated alkanes) is 41. The third-order valence-corrected chi connectivity index (χ3v) is 13.3. The number of hydrogen-bond donors (Lipinski definition) is 2. The molecule has 0 aliphatic heterocycles. The summed E-state index contributed by atoms with van der Waals surface area (Å²) in [6.45, 7) is 4.99. The Morgan fingerprint density at radius 2 is 0.623 bits per heavy atom. The first-order valence-electron chi connectivity index (χ1n) is 28.2. The number of carbonyl (C=O) groups excluding carboxylic acids is 2. The number of aliphatic hydroxyl groups is 1. The fraction of sp³-hybridized carbons (Fsp3) is 0.930. The highest BCUT2D eigenvalue weighted by atomic mass is 16.3. The molecule has 0 spiro atoms. The van der Waals surface area contributed by atoms with Gasteiger partial charge in [-0.25, -0.2) is 0 Å². The van der Waals surface area contributed by atoms with E-state index in [1.807, 2.05) is 0 Å². The Balaban J connectivity index is 3.30. The van der Waals surface area contributed by atoms with Crippen molar-refractivity contribution >= 4 is 11.7 Å². The van der Waals surface area contributed by atoms with Crippen LogP contribution in [0.4, 0.5) is 0 Å². The zero-order valence-corrected chi connectivity index (χ0v) is 41.9. The van der Waals surface area contributed by atoms with E-state index in [-0.39, 0.29) is 5.91 Å². The van der Waals surface area contributed by atoms with Crippen molar-refractivity contribution in [3.8, 4) is 0 Å². The molecule has 0 fully saturated rings. The lowest BCUT2D eigenvalue weighted by Crippen LogP contribution is -2.31. The Morgan fingerprint density at radius 3 is 0.951 bits per heavy atom. The number of amides is 1. The minimum Gasteiger partial charge on any atom is -0.391 e. The predicted octanol–water partition coefficient (Wildman–Crippen LogP) is 18.7. The molecular formula is C57H111NO3. The molecule has 0 aromatic heterocycles. The van der Waals surface area contributed by atoms with Gasteiger partial charge in [0, 0.05) is 25.8 Å². The van der Waals surface area contributed by atoms with Gasteiger partial charge in [0.1, 0.15) is 5.78 Å². The Hall–Kier alpha value is -1.16. The van der Waals surface area contributed by atoms with Gasteiger partial charge < -0.3 is 10.4 Å². The number of allylic oxidation sites excluding steroid dienone is 2. The van der Waals surface area contributed by atoms with E-state index in [1.165, 1.54) is 257 Å². The highest BCUT2D eigenvalue weighted by molar-refractivity contribution is 5.78. The lowest BCUT2D eigenvalue weighted by molar-refractivity contribution is -0.121. The molecule has 0 aromatic carbocycles. The van der Waals surface area contributed by atoms with E-state index in [4.69, 9.17) is 0 Å². The highest BCUT2D eigenvalue weighted by Gasteiger charge is 2.08. The van der Waals surface area contributed by atoms with E-state index in [9.17, 15) is 14.7 Å². The second-order valence-corrected chi connectivity index (χ2v) is 19.6. The summed E-state index contributed by atoms with van der Waals surface area (Å²) in [6, 6.07) is 0. The number of rotatable bonds is 53. The molecule has 0 saturated carbocycles. The normalized spacial score (nSPS) is 12.2. The van der Waals surface area contributed by atoms with Gasteiger partial charge in [0.2, 0.25) is 5.91 Å². The molecule has 0 unspecified atom stereocenters. The predicted molar refractivity (Wildman–Crippen MR) is 271 cm³/mol. The second-order valence-electron chi connectivity index (χ2n) is 19.6. The summed E-state index contributed by atoms with van der Waals surface area (Å²) in [7, 11) is 0. The lowest BCUT2D eigenvalue weighted by Gasteiger charge is -2.12. The van der Waals surface area contributed by atoms with Gasteiger partial charge in [-0.05, 0) is 51.4 Å². The molecule has 4 heteroatoms. The fourth-order valence-corrected chi connectivity index (χ4v) is 8.95. The average molecular weight is 859 g/mol. The SMILES string of the molecule is CCCCCCCCC=CCCCCCCCCCCCC(=O)CCCCCCCCCCCCCCC(=O)NC[C@H](O)CCCCCCCCCCCCCCCCCC. The fourth-order valence-electron chi connectivity index (χ4n) is 8.95. The van der Waals surface area contributed by atoms with Gasteiger partial charge in [-0.2, -0.15) is 0 Å². The van der Waals surface area contributed by atoms with Crippen molar-refractivity contribution in [1.82, 2.24) is 5.32 Å². The quantitative estimate of drug-likeness (QED) is 0.0473. The third-order valence-electron chi connectivity index (χ3n) is 13.3. The monoisotopic (exact) mass is 858 g/mol. The van der Waals surface area contributed by atoms with E-state index >= 15 is 0 Å². The maximum Gasteiger partial charge on any atom is 0.220 e. The molecule has 4 nitrogen and oxygen atoms in total. The van der Waals surface area contributed by atoms with Crippen molar-refractivity contribution in [2.24, 2.45) is 0 Å². The van der Waals surface area contributed by atoms with Crippen LogP contribution >= 0.6 is 0 Å². The van der Waals surface area contributed by atoms with Crippen molar-refractivity contribution in [2.75, 3.05) is 6.54 Å². The molecule has 1 atom stereocenters. The average Bonchev–Trinajstić information content (AvgIpc) is 3.26. The molecule has 0 aliphatic carbocycles. The Morgan fingerprint density at radius 1 is 0.361 bits per heavy atom. The zero-order chi connectivity index (χ0) is 44.2. The van der Waals surface area contributed by atoms with Crippen molar-refractivity contribution in [3.05, 3.63) is 12.2 Å². The molecule has 0 saturated heterocycles. The van der Waals surface area contributed by atoms with Gasteiger partial charge >= 0.3 is 0 Å². The van der Waals surface area contributed by atoms with Crippen LogP contribution in [0.1, 0.15) is 328 Å². The van der Waals surface area contributed by atoms with Gasteiger partial charge in [-0.3, -0.25) is 9.59 Å². The van der Waals surface area contributed by atoms with Crippen LogP contribution in [0.3, 0.4) is 0 Å². The Labute approximate surface area is 383 Å². The maximum absolute atomic E-state index is 12.3. The summed E-state index contributed by atoms with van der Waals surface area (Å²) in [6.07, 6.45) is 66.8. The number of Topliss-reactive ketones (excluding diaryl/α,β-unsaturated/α-hetero) is 1. The van der Waals surface area contributed by atoms with Gasteiger partial charge in [-0.1, -0.05) is 270 Å². The summed E-state index contributed by atoms with van der Waals surface area (Å²) in [5, 5.41) is 13.2. The molecule has 0 heterocycles. The Kier molecular flexibility index (Phi) is 52.2. The van der Waals surface area contributed by atoms with Crippen molar-refractivity contribution in [1.29, 1.82) is 0 Å². The summed E-state index contributed by atoms with van der Waals surface area (Å²) in [5.41, 5.74) is 0. The van der Waals surface area contributed by atoms with Gasteiger partial charge in [0.15, 0.2) is 0 Å². The molecule has 362 valence electrons. The molecule has 0 radical (unpaired) electrons. The summed E-state index contributed by atoms with van der Waals surface area (Å²) >= 11 is 0. The molecular weight excluding hydrogens is 747 g/mol. The van der Waals surface area contributed by atoms with Crippen LogP contribution in [0.15, 0.2) is 12.2 Å². The maximum atomic E-state index is 12.3. The first kappa shape index (κ1) is 59.8. The van der Waals surface area contributed by atoms with E-state index < -0.39 is 6.10 Å². The van der Waals surface area contributed by atoms with Gasteiger partial charge in [-0.15, -0.1) is 0 Å². The molecule has 0 aliphatic rings.